The van der Waals surface area contributed by atoms with Crippen molar-refractivity contribution in [1.29, 1.82) is 0 Å². The number of aryl methyl sites for hydroxylation is 1. The molecule has 1 amide bonds. The first-order chi connectivity index (χ1) is 18.0. The van der Waals surface area contributed by atoms with E-state index < -0.39 is 0 Å². The number of hydrogen-bond acceptors (Lipinski definition) is 8. The van der Waals surface area contributed by atoms with Gasteiger partial charge in [-0.05, 0) is 61.5 Å². The maximum atomic E-state index is 12.6. The molecule has 4 aromatic rings. The summed E-state index contributed by atoms with van der Waals surface area (Å²) in [5, 5.41) is 13.4. The molecular formula is C27H27N5O4S. The molecule has 0 atom stereocenters. The van der Waals surface area contributed by atoms with Crippen molar-refractivity contribution in [1.82, 2.24) is 20.2 Å². The highest BCUT2D eigenvalue weighted by molar-refractivity contribution is 7.99. The minimum absolute atomic E-state index is 0.0964. The molecule has 1 heterocycles. The number of hydrazone groups is 1. The topological polar surface area (TPSA) is 99.9 Å². The number of methoxy groups -OCH3 is 3. The van der Waals surface area contributed by atoms with Gasteiger partial charge in [0.1, 0.15) is 17.2 Å². The van der Waals surface area contributed by atoms with E-state index in [-0.39, 0.29) is 11.7 Å². The van der Waals surface area contributed by atoms with Gasteiger partial charge in [0.05, 0.1) is 33.3 Å². The van der Waals surface area contributed by atoms with Crippen molar-refractivity contribution in [2.45, 2.75) is 12.1 Å². The van der Waals surface area contributed by atoms with E-state index in [1.807, 2.05) is 60.0 Å². The number of carbonyl (C=O) groups excluding carboxylic acids is 1. The summed E-state index contributed by atoms with van der Waals surface area (Å²) >= 11 is 1.27. The fourth-order valence-corrected chi connectivity index (χ4v) is 4.24. The molecule has 0 bridgehead atoms. The van der Waals surface area contributed by atoms with Crippen molar-refractivity contribution >= 4 is 23.9 Å². The summed E-state index contributed by atoms with van der Waals surface area (Å²) in [5.41, 5.74) is 6.14. The summed E-state index contributed by atoms with van der Waals surface area (Å²) in [5.74, 6) is 2.51. The lowest BCUT2D eigenvalue weighted by Crippen LogP contribution is -2.20. The van der Waals surface area contributed by atoms with E-state index in [1.54, 1.807) is 39.5 Å². The Labute approximate surface area is 219 Å². The van der Waals surface area contributed by atoms with E-state index in [0.29, 0.717) is 28.0 Å². The van der Waals surface area contributed by atoms with Gasteiger partial charge in [0.25, 0.3) is 5.91 Å². The van der Waals surface area contributed by atoms with Crippen molar-refractivity contribution in [3.63, 3.8) is 0 Å². The van der Waals surface area contributed by atoms with Crippen LogP contribution in [0.1, 0.15) is 11.1 Å². The Hall–Kier alpha value is -4.31. The second-order valence-electron chi connectivity index (χ2n) is 7.90. The molecule has 1 N–H and O–H groups in total. The second kappa shape index (κ2) is 12.1. The molecule has 190 valence electrons. The van der Waals surface area contributed by atoms with Gasteiger partial charge in [0.15, 0.2) is 11.0 Å². The number of hydrogen-bond donors (Lipinski definition) is 1. The molecule has 0 aliphatic heterocycles. The maximum Gasteiger partial charge on any atom is 0.250 e. The Balaban J connectivity index is 1.51. The van der Waals surface area contributed by atoms with Crippen LogP contribution in [0.3, 0.4) is 0 Å². The molecule has 0 saturated carbocycles. The molecule has 0 spiro atoms. The number of carbonyl (C=O) groups is 1. The van der Waals surface area contributed by atoms with E-state index in [2.05, 4.69) is 20.7 Å². The molecule has 9 nitrogen and oxygen atoms in total. The van der Waals surface area contributed by atoms with Crippen LogP contribution < -0.4 is 19.6 Å². The van der Waals surface area contributed by atoms with Crippen LogP contribution in [0.15, 0.2) is 77.0 Å². The van der Waals surface area contributed by atoms with Gasteiger partial charge >= 0.3 is 0 Å². The lowest BCUT2D eigenvalue weighted by molar-refractivity contribution is -0.118. The molecule has 37 heavy (non-hydrogen) atoms. The first kappa shape index (κ1) is 25.8. The SMILES string of the molecule is COc1ccc(-c2nnc(SCC(=O)NN=Cc3cc(OC)ccc3OC)n2-c2ccc(C)cc2)cc1. The van der Waals surface area contributed by atoms with Crippen LogP contribution in [0.4, 0.5) is 0 Å². The molecule has 0 aliphatic rings. The average molecular weight is 518 g/mol. The number of benzene rings is 3. The summed E-state index contributed by atoms with van der Waals surface area (Å²) in [6.45, 7) is 2.03. The van der Waals surface area contributed by atoms with Crippen molar-refractivity contribution in [3.05, 3.63) is 77.9 Å². The zero-order valence-corrected chi connectivity index (χ0v) is 21.8. The standard InChI is InChI=1S/C27H27N5O4S/c1-18-5-9-21(10-6-18)32-26(19-7-11-22(34-2)12-8-19)30-31-27(32)37-17-25(33)29-28-16-20-15-23(35-3)13-14-24(20)36-4/h5-16H,17H2,1-4H3,(H,29,33). The van der Waals surface area contributed by atoms with Crippen molar-refractivity contribution in [2.24, 2.45) is 5.10 Å². The molecule has 10 heteroatoms. The van der Waals surface area contributed by atoms with Crippen LogP contribution >= 0.6 is 11.8 Å². The first-order valence-corrected chi connectivity index (χ1v) is 12.3. The van der Waals surface area contributed by atoms with E-state index >= 15 is 0 Å². The van der Waals surface area contributed by atoms with Crippen LogP contribution in [0, 0.1) is 6.92 Å². The van der Waals surface area contributed by atoms with Crippen molar-refractivity contribution < 1.29 is 19.0 Å². The highest BCUT2D eigenvalue weighted by Crippen LogP contribution is 2.29. The van der Waals surface area contributed by atoms with Crippen molar-refractivity contribution in [3.8, 4) is 34.3 Å². The normalized spacial score (nSPS) is 10.9. The van der Waals surface area contributed by atoms with Gasteiger partial charge in [-0.15, -0.1) is 10.2 Å². The van der Waals surface area contributed by atoms with E-state index in [0.717, 1.165) is 22.6 Å². The number of thioether (sulfide) groups is 1. The predicted molar refractivity (Wildman–Crippen MR) is 144 cm³/mol. The van der Waals surface area contributed by atoms with E-state index in [4.69, 9.17) is 14.2 Å². The highest BCUT2D eigenvalue weighted by atomic mass is 32.2. The zero-order chi connectivity index (χ0) is 26.2. The summed E-state index contributed by atoms with van der Waals surface area (Å²) in [7, 11) is 4.77. The Kier molecular flexibility index (Phi) is 8.42. The van der Waals surface area contributed by atoms with Gasteiger partial charge in [0.2, 0.25) is 0 Å². The lowest BCUT2D eigenvalue weighted by atomic mass is 10.2. The molecule has 0 unspecified atom stereocenters. The van der Waals surface area contributed by atoms with E-state index in [9.17, 15) is 4.79 Å². The minimum Gasteiger partial charge on any atom is -0.497 e. The number of amides is 1. The molecule has 0 radical (unpaired) electrons. The van der Waals surface area contributed by atoms with Gasteiger partial charge in [-0.25, -0.2) is 5.43 Å². The first-order valence-electron chi connectivity index (χ1n) is 11.4. The monoisotopic (exact) mass is 517 g/mol. The Bertz CT molecular complexity index is 1390. The molecule has 4 rings (SSSR count). The summed E-state index contributed by atoms with van der Waals surface area (Å²) in [4.78, 5) is 12.6. The number of rotatable bonds is 10. The number of ether oxygens (including phenoxy) is 3. The second-order valence-corrected chi connectivity index (χ2v) is 8.84. The van der Waals surface area contributed by atoms with Crippen LogP contribution in [0.5, 0.6) is 17.2 Å². The van der Waals surface area contributed by atoms with E-state index in [1.165, 1.54) is 18.0 Å². The predicted octanol–water partition coefficient (Wildman–Crippen LogP) is 4.51. The van der Waals surface area contributed by atoms with Crippen molar-refractivity contribution in [2.75, 3.05) is 27.1 Å². The quantitative estimate of drug-likeness (QED) is 0.188. The summed E-state index contributed by atoms with van der Waals surface area (Å²) < 4.78 is 17.8. The number of aromatic nitrogens is 3. The van der Waals surface area contributed by atoms with Gasteiger partial charge < -0.3 is 14.2 Å². The van der Waals surface area contributed by atoms with Gasteiger partial charge in [-0.3, -0.25) is 9.36 Å². The largest absolute Gasteiger partial charge is 0.497 e. The third kappa shape index (κ3) is 6.28. The minimum atomic E-state index is -0.285. The molecule has 1 aromatic heterocycles. The molecule has 3 aromatic carbocycles. The zero-order valence-electron chi connectivity index (χ0n) is 21.0. The highest BCUT2D eigenvalue weighted by Gasteiger charge is 2.17. The lowest BCUT2D eigenvalue weighted by Gasteiger charge is -2.11. The molecular weight excluding hydrogens is 490 g/mol. The average Bonchev–Trinajstić information content (AvgIpc) is 3.36. The van der Waals surface area contributed by atoms with Crippen LogP contribution in [-0.4, -0.2) is 54.0 Å². The smallest absolute Gasteiger partial charge is 0.250 e. The molecule has 0 fully saturated rings. The third-order valence-electron chi connectivity index (χ3n) is 5.44. The summed E-state index contributed by atoms with van der Waals surface area (Å²) in [6.07, 6.45) is 1.51. The Morgan fingerprint density at radius 2 is 1.65 bits per heavy atom. The molecule has 0 aliphatic carbocycles. The van der Waals surface area contributed by atoms with Gasteiger partial charge in [-0.1, -0.05) is 29.5 Å². The number of nitrogens with zero attached hydrogens (tertiary/aromatic N) is 4. The fourth-order valence-electron chi connectivity index (χ4n) is 3.49. The van der Waals surface area contributed by atoms with Gasteiger partial charge in [0, 0.05) is 16.8 Å². The van der Waals surface area contributed by atoms with Crippen LogP contribution in [0.2, 0.25) is 0 Å². The van der Waals surface area contributed by atoms with Gasteiger partial charge in [-0.2, -0.15) is 5.10 Å². The Morgan fingerprint density at radius 3 is 2.32 bits per heavy atom. The molecule has 0 saturated heterocycles. The third-order valence-corrected chi connectivity index (χ3v) is 6.36. The Morgan fingerprint density at radius 1 is 0.946 bits per heavy atom. The maximum absolute atomic E-state index is 12.6. The van der Waals surface area contributed by atoms with Crippen LogP contribution in [-0.2, 0) is 4.79 Å². The summed E-state index contributed by atoms with van der Waals surface area (Å²) in [6, 6.07) is 21.0. The van der Waals surface area contributed by atoms with Crippen LogP contribution in [0.25, 0.3) is 17.1 Å². The number of nitrogens with one attached hydrogen (secondary N) is 1. The fraction of sp³-hybridized carbons (Fsp3) is 0.185.